The van der Waals surface area contributed by atoms with Crippen LogP contribution >= 0.6 is 0 Å². The molecule has 6 nitrogen and oxygen atoms in total. The second-order valence-corrected chi connectivity index (χ2v) is 8.99. The Hall–Kier alpha value is -2.77. The summed E-state index contributed by atoms with van der Waals surface area (Å²) >= 11 is 0. The van der Waals surface area contributed by atoms with E-state index in [1.807, 2.05) is 30.3 Å². The molecule has 2 saturated heterocycles. The predicted octanol–water partition coefficient (Wildman–Crippen LogP) is 3.88. The number of nitrogens with zero attached hydrogens (tertiary/aromatic N) is 4. The summed E-state index contributed by atoms with van der Waals surface area (Å²) in [4.78, 5) is 13.9. The number of hydrogen-bond donors (Lipinski definition) is 1. The fourth-order valence-corrected chi connectivity index (χ4v) is 4.98. The van der Waals surface area contributed by atoms with Gasteiger partial charge in [-0.15, -0.1) is 0 Å². The molecule has 3 heterocycles. The third kappa shape index (κ3) is 4.39. The van der Waals surface area contributed by atoms with Crippen LogP contribution in [0.25, 0.3) is 22.0 Å². The van der Waals surface area contributed by atoms with Gasteiger partial charge in [-0.1, -0.05) is 37.3 Å². The Kier molecular flexibility index (Phi) is 6.42. The minimum atomic E-state index is -0.294. The van der Waals surface area contributed by atoms with Crippen molar-refractivity contribution in [3.05, 3.63) is 47.8 Å². The summed E-state index contributed by atoms with van der Waals surface area (Å²) in [6.45, 7) is 7.05. The van der Waals surface area contributed by atoms with E-state index in [2.05, 4.69) is 40.1 Å². The average Bonchev–Trinajstić information content (AvgIpc) is 3.28. The van der Waals surface area contributed by atoms with E-state index in [9.17, 15) is 0 Å². The largest absolute Gasteiger partial charge is 0.462 e. The number of likely N-dealkylation sites (tertiary alicyclic amines) is 1. The molecule has 5 rings (SSSR count). The van der Waals surface area contributed by atoms with Gasteiger partial charge < -0.3 is 19.9 Å². The van der Waals surface area contributed by atoms with E-state index in [1.165, 1.54) is 6.42 Å². The third-order valence-corrected chi connectivity index (χ3v) is 6.91. The van der Waals surface area contributed by atoms with Crippen LogP contribution < -0.4 is 15.0 Å². The number of benzene rings is 2. The highest BCUT2D eigenvalue weighted by molar-refractivity contribution is 5.95. The highest BCUT2D eigenvalue weighted by Crippen LogP contribution is 2.36. The second-order valence-electron chi connectivity index (χ2n) is 8.99. The van der Waals surface area contributed by atoms with Gasteiger partial charge in [0.1, 0.15) is 17.9 Å². The Morgan fingerprint density at radius 3 is 2.61 bits per heavy atom. The minimum Gasteiger partial charge on any atom is -0.462 e. The maximum absolute atomic E-state index is 16.1. The van der Waals surface area contributed by atoms with E-state index < -0.39 is 0 Å². The highest BCUT2D eigenvalue weighted by atomic mass is 19.1. The molecular weight excluding hydrogens is 417 g/mol. The van der Waals surface area contributed by atoms with Crippen molar-refractivity contribution in [2.24, 2.45) is 0 Å². The number of halogens is 1. The number of ether oxygens (including phenoxy) is 1. The molecule has 1 aromatic heterocycles. The van der Waals surface area contributed by atoms with Gasteiger partial charge in [0.15, 0.2) is 5.82 Å². The summed E-state index contributed by atoms with van der Waals surface area (Å²) in [6, 6.07) is 12.4. The molecule has 1 N–H and O–H groups in total. The lowest BCUT2D eigenvalue weighted by atomic mass is 9.95. The zero-order chi connectivity index (χ0) is 22.8. The Labute approximate surface area is 194 Å². The van der Waals surface area contributed by atoms with E-state index in [1.54, 1.807) is 0 Å². The zero-order valence-electron chi connectivity index (χ0n) is 19.5. The lowest BCUT2D eigenvalue weighted by Crippen LogP contribution is -2.44. The fraction of sp³-hybridized carbons (Fsp3) is 0.462. The molecule has 1 atom stereocenters. The molecule has 3 aromatic rings. The molecule has 0 unspecified atom stereocenters. The highest BCUT2D eigenvalue weighted by Gasteiger charge is 2.25. The standard InChI is InChI=1S/C26H32FN5O/c1-3-18-16-21-24(23(27)22(18)19-8-5-4-6-9-19)29-26(33-17-20-10-7-13-31(20)2)30-25(21)32-14-11-28-12-15-32/h4-6,8-9,16,20,28H,3,7,10-15,17H2,1-2H3/t20-/m0/s1. The molecular formula is C26H32FN5O. The van der Waals surface area contributed by atoms with Gasteiger partial charge >= 0.3 is 6.01 Å². The van der Waals surface area contributed by atoms with Gasteiger partial charge in [0.2, 0.25) is 0 Å². The average molecular weight is 450 g/mol. The van der Waals surface area contributed by atoms with E-state index >= 15 is 4.39 Å². The number of likely N-dealkylation sites (N-methyl/N-ethyl adjacent to an activating group) is 1. The maximum atomic E-state index is 16.1. The molecule has 2 aliphatic heterocycles. The molecule has 0 bridgehead atoms. The number of aromatic nitrogens is 2. The molecule has 0 amide bonds. The van der Waals surface area contributed by atoms with Gasteiger partial charge in [0.05, 0.1) is 0 Å². The van der Waals surface area contributed by atoms with Crippen molar-refractivity contribution >= 4 is 16.7 Å². The molecule has 0 spiro atoms. The van der Waals surface area contributed by atoms with Crippen LogP contribution in [0.1, 0.15) is 25.3 Å². The SMILES string of the molecule is CCc1cc2c(N3CCNCC3)nc(OC[C@@H]3CCCN3C)nc2c(F)c1-c1ccccc1. The van der Waals surface area contributed by atoms with Crippen LogP contribution in [0.3, 0.4) is 0 Å². The maximum Gasteiger partial charge on any atom is 0.319 e. The van der Waals surface area contributed by atoms with Crippen LogP contribution in [0, 0.1) is 5.82 Å². The summed E-state index contributed by atoms with van der Waals surface area (Å²) in [5, 5.41) is 4.14. The van der Waals surface area contributed by atoms with Crippen LogP contribution in [0.15, 0.2) is 36.4 Å². The molecule has 2 aliphatic rings. The monoisotopic (exact) mass is 449 g/mol. The fourth-order valence-electron chi connectivity index (χ4n) is 4.98. The van der Waals surface area contributed by atoms with Gasteiger partial charge in [-0.25, -0.2) is 4.39 Å². The summed E-state index contributed by atoms with van der Waals surface area (Å²) < 4.78 is 22.2. The van der Waals surface area contributed by atoms with Gasteiger partial charge in [0, 0.05) is 43.2 Å². The summed E-state index contributed by atoms with van der Waals surface area (Å²) in [6.07, 6.45) is 3.00. The van der Waals surface area contributed by atoms with Crippen LogP contribution in [0.2, 0.25) is 0 Å². The molecule has 0 radical (unpaired) electrons. The van der Waals surface area contributed by atoms with Crippen molar-refractivity contribution < 1.29 is 9.13 Å². The number of anilines is 1. The summed E-state index contributed by atoms with van der Waals surface area (Å²) in [5.41, 5.74) is 2.79. The molecule has 2 aromatic carbocycles. The smallest absolute Gasteiger partial charge is 0.319 e. The molecule has 0 saturated carbocycles. The number of fused-ring (bicyclic) bond motifs is 1. The Morgan fingerprint density at radius 1 is 1.12 bits per heavy atom. The van der Waals surface area contributed by atoms with Crippen molar-refractivity contribution in [2.75, 3.05) is 51.3 Å². The normalized spacial score (nSPS) is 19.4. The lowest BCUT2D eigenvalue weighted by molar-refractivity contribution is 0.188. The number of hydrogen-bond acceptors (Lipinski definition) is 6. The summed E-state index contributed by atoms with van der Waals surface area (Å²) in [5.74, 6) is 0.474. The molecule has 2 fully saturated rings. The first-order valence-corrected chi connectivity index (χ1v) is 12.0. The van der Waals surface area contributed by atoms with Crippen molar-refractivity contribution in [1.82, 2.24) is 20.2 Å². The minimum absolute atomic E-state index is 0.262. The van der Waals surface area contributed by atoms with Crippen molar-refractivity contribution in [2.45, 2.75) is 32.2 Å². The number of rotatable bonds is 6. The van der Waals surface area contributed by atoms with Crippen LogP contribution in [0.5, 0.6) is 6.01 Å². The van der Waals surface area contributed by atoms with Gasteiger partial charge in [-0.3, -0.25) is 0 Å². The number of nitrogens with one attached hydrogen (secondary N) is 1. The van der Waals surface area contributed by atoms with Crippen molar-refractivity contribution in [3.8, 4) is 17.1 Å². The van der Waals surface area contributed by atoms with Crippen LogP contribution in [0.4, 0.5) is 10.2 Å². The molecule has 7 heteroatoms. The molecule has 174 valence electrons. The molecule has 0 aliphatic carbocycles. The summed E-state index contributed by atoms with van der Waals surface area (Å²) in [7, 11) is 2.12. The van der Waals surface area contributed by atoms with E-state index in [-0.39, 0.29) is 11.8 Å². The Morgan fingerprint density at radius 2 is 1.91 bits per heavy atom. The van der Waals surface area contributed by atoms with Gasteiger partial charge in [0.25, 0.3) is 0 Å². The quantitative estimate of drug-likeness (QED) is 0.616. The van der Waals surface area contributed by atoms with E-state index in [4.69, 9.17) is 9.72 Å². The van der Waals surface area contributed by atoms with Crippen molar-refractivity contribution in [1.29, 1.82) is 0 Å². The molecule has 33 heavy (non-hydrogen) atoms. The zero-order valence-corrected chi connectivity index (χ0v) is 19.5. The van der Waals surface area contributed by atoms with E-state index in [0.717, 1.165) is 67.9 Å². The van der Waals surface area contributed by atoms with Crippen LogP contribution in [-0.2, 0) is 6.42 Å². The second kappa shape index (κ2) is 9.61. The van der Waals surface area contributed by atoms with E-state index in [0.29, 0.717) is 23.7 Å². The first-order valence-electron chi connectivity index (χ1n) is 12.0. The number of aryl methyl sites for hydroxylation is 1. The Balaban J connectivity index is 1.63. The third-order valence-electron chi connectivity index (χ3n) is 6.91. The van der Waals surface area contributed by atoms with Gasteiger partial charge in [-0.05, 0) is 50.0 Å². The van der Waals surface area contributed by atoms with Crippen molar-refractivity contribution in [3.63, 3.8) is 0 Å². The topological polar surface area (TPSA) is 53.5 Å². The predicted molar refractivity (Wildman–Crippen MR) is 131 cm³/mol. The first kappa shape index (κ1) is 22.0. The van der Waals surface area contributed by atoms with Gasteiger partial charge in [-0.2, -0.15) is 9.97 Å². The first-order chi connectivity index (χ1) is 16.2. The lowest BCUT2D eigenvalue weighted by Gasteiger charge is -2.30. The Bertz CT molecular complexity index is 1120. The van der Waals surface area contributed by atoms with Crippen LogP contribution in [-0.4, -0.2) is 67.3 Å². The number of piperazine rings is 1.